The Balaban J connectivity index is 2.49. The van der Waals surface area contributed by atoms with Gasteiger partial charge in [-0.3, -0.25) is 0 Å². The Morgan fingerprint density at radius 2 is 1.56 bits per heavy atom. The summed E-state index contributed by atoms with van der Waals surface area (Å²) in [6, 6.07) is 10.5. The van der Waals surface area contributed by atoms with Gasteiger partial charge in [-0.1, -0.05) is 39.0 Å². The average molecular weight is 357 g/mol. The van der Waals surface area contributed by atoms with Gasteiger partial charge in [-0.25, -0.2) is 0 Å². The summed E-state index contributed by atoms with van der Waals surface area (Å²) in [5, 5.41) is 9.74. The van der Waals surface area contributed by atoms with E-state index >= 15 is 0 Å². The van der Waals surface area contributed by atoms with Crippen molar-refractivity contribution in [1.82, 2.24) is 0 Å². The third kappa shape index (κ3) is 3.99. The summed E-state index contributed by atoms with van der Waals surface area (Å²) < 4.78 is 6.49. The first-order valence-electron chi connectivity index (χ1n) is 8.98. The van der Waals surface area contributed by atoms with E-state index < -0.39 is 8.32 Å². The highest BCUT2D eigenvalue weighted by Crippen LogP contribution is 2.39. The maximum atomic E-state index is 9.56. The summed E-state index contributed by atoms with van der Waals surface area (Å²) in [6.45, 7) is 17.8. The van der Waals surface area contributed by atoms with E-state index in [1.54, 1.807) is 0 Å². The van der Waals surface area contributed by atoms with Gasteiger partial charge in [-0.15, -0.1) is 0 Å². The number of hydrogen-bond donors (Lipinski definition) is 1. The number of aliphatic hydroxyl groups excluding tert-OH is 1. The largest absolute Gasteiger partial charge is 0.543 e. The smallest absolute Gasteiger partial charge is 0.250 e. The molecule has 0 aliphatic carbocycles. The van der Waals surface area contributed by atoms with Crippen molar-refractivity contribution in [3.63, 3.8) is 0 Å². The number of rotatable bonds is 4. The van der Waals surface area contributed by atoms with Crippen molar-refractivity contribution in [2.75, 3.05) is 0 Å². The van der Waals surface area contributed by atoms with E-state index in [4.69, 9.17) is 4.43 Å². The molecule has 3 heteroatoms. The lowest BCUT2D eigenvalue weighted by molar-refractivity contribution is 0.281. The topological polar surface area (TPSA) is 29.5 Å². The van der Waals surface area contributed by atoms with Crippen LogP contribution in [0.5, 0.6) is 5.75 Å². The molecule has 0 spiro atoms. The first kappa shape index (κ1) is 19.7. The minimum Gasteiger partial charge on any atom is -0.543 e. The van der Waals surface area contributed by atoms with Gasteiger partial charge in [0, 0.05) is 0 Å². The van der Waals surface area contributed by atoms with Crippen molar-refractivity contribution in [1.29, 1.82) is 0 Å². The van der Waals surface area contributed by atoms with Crippen LogP contribution >= 0.6 is 0 Å². The van der Waals surface area contributed by atoms with E-state index in [9.17, 15) is 5.11 Å². The Labute approximate surface area is 154 Å². The Morgan fingerprint density at radius 1 is 1.00 bits per heavy atom. The fourth-order valence-corrected chi connectivity index (χ4v) is 3.99. The molecule has 0 fully saturated rings. The van der Waals surface area contributed by atoms with Crippen molar-refractivity contribution in [3.05, 3.63) is 52.6 Å². The molecule has 2 aromatic rings. The quantitative estimate of drug-likeness (QED) is 0.665. The molecule has 0 bridgehead atoms. The minimum absolute atomic E-state index is 0.0737. The van der Waals surface area contributed by atoms with E-state index in [0.717, 1.165) is 16.9 Å². The summed E-state index contributed by atoms with van der Waals surface area (Å²) in [7, 11) is -1.85. The normalized spacial score (nSPS) is 12.4. The van der Waals surface area contributed by atoms with Crippen LogP contribution in [-0.2, 0) is 6.61 Å². The lowest BCUT2D eigenvalue weighted by atomic mass is 9.90. The van der Waals surface area contributed by atoms with Crippen LogP contribution in [0.25, 0.3) is 11.1 Å². The Hall–Kier alpha value is -1.58. The van der Waals surface area contributed by atoms with E-state index in [-0.39, 0.29) is 11.6 Å². The highest BCUT2D eigenvalue weighted by Gasteiger charge is 2.39. The zero-order valence-electron chi connectivity index (χ0n) is 16.9. The predicted octanol–water partition coefficient (Wildman–Crippen LogP) is 6.16. The van der Waals surface area contributed by atoms with Crippen LogP contribution in [0.3, 0.4) is 0 Å². The number of hydrogen-bond acceptors (Lipinski definition) is 2. The van der Waals surface area contributed by atoms with Crippen LogP contribution in [0.4, 0.5) is 0 Å². The second-order valence-electron chi connectivity index (χ2n) is 8.54. The van der Waals surface area contributed by atoms with E-state index in [1.807, 2.05) is 12.1 Å². The molecule has 2 nitrogen and oxygen atoms in total. The van der Waals surface area contributed by atoms with Crippen molar-refractivity contribution in [2.24, 2.45) is 0 Å². The van der Waals surface area contributed by atoms with Gasteiger partial charge in [0.1, 0.15) is 5.75 Å². The van der Waals surface area contributed by atoms with Crippen LogP contribution in [0.1, 0.15) is 43.0 Å². The van der Waals surface area contributed by atoms with Crippen molar-refractivity contribution in [2.45, 2.75) is 66.3 Å². The molecule has 0 heterocycles. The minimum atomic E-state index is -1.85. The van der Waals surface area contributed by atoms with E-state index in [1.165, 1.54) is 22.3 Å². The molecule has 0 saturated heterocycles. The molecular formula is C22H32O2Si. The number of aryl methyl sites for hydroxylation is 2. The molecule has 136 valence electrons. The first-order chi connectivity index (χ1) is 11.5. The fourth-order valence-electron chi connectivity index (χ4n) is 2.98. The molecule has 0 saturated carbocycles. The molecule has 0 amide bonds. The van der Waals surface area contributed by atoms with Crippen molar-refractivity contribution >= 4 is 8.32 Å². The van der Waals surface area contributed by atoms with Crippen molar-refractivity contribution in [3.8, 4) is 16.9 Å². The highest BCUT2D eigenvalue weighted by atomic mass is 28.4. The van der Waals surface area contributed by atoms with Gasteiger partial charge in [0.15, 0.2) is 0 Å². The summed E-state index contributed by atoms with van der Waals surface area (Å²) in [5.41, 5.74) is 7.00. The molecule has 2 aromatic carbocycles. The van der Waals surface area contributed by atoms with Crippen LogP contribution in [-0.4, -0.2) is 13.4 Å². The van der Waals surface area contributed by atoms with Gasteiger partial charge < -0.3 is 9.53 Å². The maximum absolute atomic E-state index is 9.56. The zero-order chi connectivity index (χ0) is 19.0. The third-order valence-corrected chi connectivity index (χ3v) is 9.93. The van der Waals surface area contributed by atoms with Gasteiger partial charge >= 0.3 is 0 Å². The Morgan fingerprint density at radius 3 is 2.04 bits per heavy atom. The molecular weight excluding hydrogens is 324 g/mol. The molecule has 2 rings (SSSR count). The lowest BCUT2D eigenvalue weighted by Crippen LogP contribution is -2.43. The molecule has 25 heavy (non-hydrogen) atoms. The van der Waals surface area contributed by atoms with Gasteiger partial charge in [-0.2, -0.15) is 0 Å². The lowest BCUT2D eigenvalue weighted by Gasteiger charge is -2.36. The summed E-state index contributed by atoms with van der Waals surface area (Å²) in [6.07, 6.45) is 0. The van der Waals surface area contributed by atoms with E-state index in [2.05, 4.69) is 72.8 Å². The average Bonchev–Trinajstić information content (AvgIpc) is 2.46. The third-order valence-electron chi connectivity index (χ3n) is 5.57. The fraction of sp³-hybridized carbons (Fsp3) is 0.455. The first-order valence-corrected chi connectivity index (χ1v) is 11.9. The molecule has 0 aromatic heterocycles. The highest BCUT2D eigenvalue weighted by molar-refractivity contribution is 6.74. The van der Waals surface area contributed by atoms with Crippen molar-refractivity contribution < 1.29 is 9.53 Å². The summed E-state index contributed by atoms with van der Waals surface area (Å²) in [5.74, 6) is 0.973. The van der Waals surface area contributed by atoms with Crippen LogP contribution in [0.2, 0.25) is 18.1 Å². The molecule has 0 unspecified atom stereocenters. The summed E-state index contributed by atoms with van der Waals surface area (Å²) >= 11 is 0. The number of aliphatic hydroxyl groups is 1. The number of benzene rings is 2. The van der Waals surface area contributed by atoms with Gasteiger partial charge in [-0.05, 0) is 84.4 Å². The second-order valence-corrected chi connectivity index (χ2v) is 13.3. The zero-order valence-corrected chi connectivity index (χ0v) is 17.9. The summed E-state index contributed by atoms with van der Waals surface area (Å²) in [4.78, 5) is 0. The standard InChI is InChI=1S/C22H32O2Si/c1-15-12-19(24-25(7,8)22(4,5)6)13-16(2)21(15)20-11-9-10-18(14-23)17(20)3/h9-13,23H,14H2,1-8H3. The maximum Gasteiger partial charge on any atom is 0.250 e. The van der Waals surface area contributed by atoms with Crippen LogP contribution in [0.15, 0.2) is 30.3 Å². The molecule has 1 N–H and O–H groups in total. The van der Waals surface area contributed by atoms with E-state index in [0.29, 0.717) is 0 Å². The Kier molecular flexibility index (Phi) is 5.50. The van der Waals surface area contributed by atoms with Crippen LogP contribution < -0.4 is 4.43 Å². The predicted molar refractivity (Wildman–Crippen MR) is 110 cm³/mol. The van der Waals surface area contributed by atoms with Gasteiger partial charge in [0.2, 0.25) is 8.32 Å². The molecule has 0 radical (unpaired) electrons. The molecule has 0 atom stereocenters. The van der Waals surface area contributed by atoms with Crippen LogP contribution in [0, 0.1) is 20.8 Å². The molecule has 0 aliphatic rings. The van der Waals surface area contributed by atoms with Gasteiger partial charge in [0.05, 0.1) is 6.61 Å². The Bertz CT molecular complexity index is 747. The van der Waals surface area contributed by atoms with Gasteiger partial charge in [0.25, 0.3) is 0 Å². The monoisotopic (exact) mass is 356 g/mol. The second kappa shape index (κ2) is 6.97. The SMILES string of the molecule is Cc1cc(O[Si](C)(C)C(C)(C)C)cc(C)c1-c1cccc(CO)c1C. The molecule has 0 aliphatic heterocycles.